The predicted molar refractivity (Wildman–Crippen MR) is 143 cm³/mol. The molecule has 0 heterocycles. The largest absolute Gasteiger partial charge is 0.496 e. The molecule has 0 aliphatic rings. The summed E-state index contributed by atoms with van der Waals surface area (Å²) in [6.45, 7) is 12.7. The molecule has 1 N–H and O–H groups in total. The highest BCUT2D eigenvalue weighted by Gasteiger charge is 2.08. The van der Waals surface area contributed by atoms with Gasteiger partial charge in [0, 0.05) is 6.08 Å². The Labute approximate surface area is 216 Å². The number of benzene rings is 1. The zero-order valence-electron chi connectivity index (χ0n) is 22.6. The van der Waals surface area contributed by atoms with E-state index in [1.54, 1.807) is 7.11 Å². The fourth-order valence-corrected chi connectivity index (χ4v) is 3.24. The van der Waals surface area contributed by atoms with Gasteiger partial charge in [-0.05, 0) is 68.5 Å². The molecule has 0 amide bonds. The molecule has 0 aliphatic heterocycles. The van der Waals surface area contributed by atoms with Crippen LogP contribution in [0.5, 0.6) is 5.75 Å². The number of hydrogen-bond donors (Lipinski definition) is 1. The lowest BCUT2D eigenvalue weighted by molar-refractivity contribution is -0.139. The molecule has 1 aromatic rings. The smallest absolute Gasteiger partial charge is 0.331 e. The maximum absolute atomic E-state index is 11.9. The molecule has 0 spiro atoms. The predicted octanol–water partition coefficient (Wildman–Crippen LogP) is 4.67. The van der Waals surface area contributed by atoms with Crippen LogP contribution in [-0.4, -0.2) is 71.0 Å². The highest BCUT2D eigenvalue weighted by Crippen LogP contribution is 2.28. The molecule has 0 aliphatic carbocycles. The van der Waals surface area contributed by atoms with E-state index in [0.29, 0.717) is 39.6 Å². The minimum atomic E-state index is -0.403. The van der Waals surface area contributed by atoms with E-state index < -0.39 is 5.97 Å². The summed E-state index contributed by atoms with van der Waals surface area (Å²) in [5, 5.41) is 8.58. The van der Waals surface area contributed by atoms with Crippen LogP contribution in [0, 0.1) is 20.8 Å². The van der Waals surface area contributed by atoms with E-state index in [1.165, 1.54) is 22.8 Å². The number of carbonyl (C=O) groups excluding carboxylic acids is 1. The van der Waals surface area contributed by atoms with Crippen molar-refractivity contribution in [1.29, 1.82) is 0 Å². The van der Waals surface area contributed by atoms with Crippen LogP contribution in [0.15, 0.2) is 47.6 Å². The maximum atomic E-state index is 11.9. The van der Waals surface area contributed by atoms with Gasteiger partial charge >= 0.3 is 5.97 Å². The van der Waals surface area contributed by atoms with Gasteiger partial charge in [-0.3, -0.25) is 0 Å². The lowest BCUT2D eigenvalue weighted by Gasteiger charge is -2.13. The van der Waals surface area contributed by atoms with E-state index in [2.05, 4.69) is 39.0 Å². The van der Waals surface area contributed by atoms with E-state index in [0.717, 1.165) is 22.5 Å². The molecule has 0 aromatic heterocycles. The Bertz CT molecular complexity index is 926. The van der Waals surface area contributed by atoms with Crippen molar-refractivity contribution < 1.29 is 33.6 Å². The van der Waals surface area contributed by atoms with Gasteiger partial charge in [-0.15, -0.1) is 0 Å². The Hall–Kier alpha value is -2.71. The topological polar surface area (TPSA) is 83.5 Å². The van der Waals surface area contributed by atoms with Gasteiger partial charge in [-0.2, -0.15) is 0 Å². The summed E-state index contributed by atoms with van der Waals surface area (Å²) < 4.78 is 26.3. The Morgan fingerprint density at radius 3 is 2.08 bits per heavy atom. The minimum Gasteiger partial charge on any atom is -0.496 e. The molecule has 0 radical (unpaired) electrons. The van der Waals surface area contributed by atoms with Crippen LogP contribution < -0.4 is 4.74 Å². The second-order valence-electron chi connectivity index (χ2n) is 8.28. The second kappa shape index (κ2) is 18.5. The summed E-state index contributed by atoms with van der Waals surface area (Å²) >= 11 is 0. The number of ether oxygens (including phenoxy) is 5. The van der Waals surface area contributed by atoms with Crippen LogP contribution in [0.3, 0.4) is 0 Å². The van der Waals surface area contributed by atoms with Crippen LogP contribution in [-0.2, 0) is 23.7 Å². The first-order valence-corrected chi connectivity index (χ1v) is 12.2. The van der Waals surface area contributed by atoms with Gasteiger partial charge < -0.3 is 28.8 Å². The van der Waals surface area contributed by atoms with Crippen LogP contribution in [0.1, 0.15) is 36.1 Å². The number of rotatable bonds is 17. The monoisotopic (exact) mass is 502 g/mol. The zero-order chi connectivity index (χ0) is 26.8. The van der Waals surface area contributed by atoms with Gasteiger partial charge in [0.05, 0.1) is 53.4 Å². The van der Waals surface area contributed by atoms with Crippen molar-refractivity contribution in [3.05, 3.63) is 69.8 Å². The third-order valence-electron chi connectivity index (χ3n) is 5.36. The molecule has 200 valence electrons. The Morgan fingerprint density at radius 1 is 0.861 bits per heavy atom. The van der Waals surface area contributed by atoms with Crippen molar-refractivity contribution in [3.63, 3.8) is 0 Å². The average molecular weight is 503 g/mol. The van der Waals surface area contributed by atoms with E-state index in [4.69, 9.17) is 28.8 Å². The fraction of sp³-hybridized carbons (Fsp3) is 0.483. The van der Waals surface area contributed by atoms with Crippen molar-refractivity contribution >= 4 is 12.0 Å². The molecular weight excluding hydrogens is 460 g/mol. The van der Waals surface area contributed by atoms with Crippen molar-refractivity contribution in [1.82, 2.24) is 0 Å². The van der Waals surface area contributed by atoms with Gasteiger partial charge in [0.25, 0.3) is 0 Å². The quantitative estimate of drug-likeness (QED) is 0.143. The fourth-order valence-electron chi connectivity index (χ4n) is 3.24. The summed E-state index contributed by atoms with van der Waals surface area (Å²) in [6.07, 6.45) is 11.4. The molecule has 7 heteroatoms. The zero-order valence-corrected chi connectivity index (χ0v) is 22.6. The Kier molecular flexibility index (Phi) is 16.1. The van der Waals surface area contributed by atoms with E-state index in [9.17, 15) is 4.79 Å². The molecular formula is C29H42O7. The lowest BCUT2D eigenvalue weighted by Crippen LogP contribution is -2.13. The molecule has 0 unspecified atom stereocenters. The van der Waals surface area contributed by atoms with Crippen LogP contribution in [0.2, 0.25) is 0 Å². The van der Waals surface area contributed by atoms with Gasteiger partial charge in [0.15, 0.2) is 0 Å². The number of esters is 1. The molecule has 0 saturated heterocycles. The van der Waals surface area contributed by atoms with Crippen LogP contribution in [0.25, 0.3) is 6.08 Å². The lowest BCUT2D eigenvalue weighted by atomic mass is 9.96. The van der Waals surface area contributed by atoms with Crippen LogP contribution in [0.4, 0.5) is 0 Å². The molecule has 1 rings (SSSR count). The average Bonchev–Trinajstić information content (AvgIpc) is 2.84. The number of aliphatic hydroxyl groups is 1. The van der Waals surface area contributed by atoms with Gasteiger partial charge in [0.2, 0.25) is 0 Å². The van der Waals surface area contributed by atoms with Gasteiger partial charge in [-0.25, -0.2) is 4.79 Å². The highest BCUT2D eigenvalue weighted by molar-refractivity contribution is 5.83. The van der Waals surface area contributed by atoms with E-state index in [1.807, 2.05) is 32.1 Å². The Morgan fingerprint density at radius 2 is 1.47 bits per heavy atom. The summed E-state index contributed by atoms with van der Waals surface area (Å²) in [4.78, 5) is 11.9. The molecule has 0 fully saturated rings. The van der Waals surface area contributed by atoms with Crippen molar-refractivity contribution in [2.75, 3.05) is 60.0 Å². The van der Waals surface area contributed by atoms with Gasteiger partial charge in [-0.1, -0.05) is 36.0 Å². The SMILES string of the molecule is COc1cc(C)c(/C=C/C(C)=C/C=C/C(C)=C/C(=O)OCCOCCOCCOCCO)c(C)c1C. The van der Waals surface area contributed by atoms with Crippen molar-refractivity contribution in [2.24, 2.45) is 0 Å². The minimum absolute atomic E-state index is 0.00645. The van der Waals surface area contributed by atoms with Gasteiger partial charge in [0.1, 0.15) is 12.4 Å². The summed E-state index contributed by atoms with van der Waals surface area (Å²) in [5.74, 6) is 0.507. The highest BCUT2D eigenvalue weighted by atomic mass is 16.6. The van der Waals surface area contributed by atoms with E-state index >= 15 is 0 Å². The Balaban J connectivity index is 2.38. The molecule has 0 bridgehead atoms. The molecule has 0 saturated carbocycles. The number of allylic oxidation sites excluding steroid dienone is 6. The summed E-state index contributed by atoms with van der Waals surface area (Å²) in [5.41, 5.74) is 6.61. The van der Waals surface area contributed by atoms with Crippen molar-refractivity contribution in [2.45, 2.75) is 34.6 Å². The van der Waals surface area contributed by atoms with E-state index in [-0.39, 0.29) is 13.2 Å². The third kappa shape index (κ3) is 12.8. The number of hydrogen-bond acceptors (Lipinski definition) is 7. The molecule has 7 nitrogen and oxygen atoms in total. The molecule has 36 heavy (non-hydrogen) atoms. The van der Waals surface area contributed by atoms with Crippen LogP contribution >= 0.6 is 0 Å². The first-order chi connectivity index (χ1) is 17.3. The third-order valence-corrected chi connectivity index (χ3v) is 5.36. The maximum Gasteiger partial charge on any atom is 0.331 e. The standard InChI is InChI=1S/C29H42O7/c1-22(10-11-27-24(3)21-28(32-6)26(5)25(27)4)8-7-9-23(2)20-29(31)36-19-18-35-17-16-34-15-14-33-13-12-30/h7-11,20-21,30H,12-19H2,1-6H3/b9-7+,11-10+,22-8+,23-20+. The first-order valence-electron chi connectivity index (χ1n) is 12.2. The number of aryl methyl sites for hydroxylation is 1. The number of aliphatic hydroxyl groups excluding tert-OH is 1. The summed E-state index contributed by atoms with van der Waals surface area (Å²) in [7, 11) is 1.70. The second-order valence-corrected chi connectivity index (χ2v) is 8.28. The van der Waals surface area contributed by atoms with Crippen molar-refractivity contribution in [3.8, 4) is 5.75 Å². The number of carbonyl (C=O) groups is 1. The number of methoxy groups -OCH3 is 1. The summed E-state index contributed by atoms with van der Waals surface area (Å²) in [6, 6.07) is 2.06. The first kappa shape index (κ1) is 31.3. The normalized spacial score (nSPS) is 12.6. The molecule has 1 aromatic carbocycles. The molecule has 0 atom stereocenters.